The second-order valence-electron chi connectivity index (χ2n) is 7.24. The second-order valence-corrected chi connectivity index (χ2v) is 7.24. The van der Waals surface area contributed by atoms with Crippen LogP contribution in [0.5, 0.6) is 0 Å². The highest BCUT2D eigenvalue weighted by molar-refractivity contribution is 5.79. The van der Waals surface area contributed by atoms with Crippen molar-refractivity contribution < 1.29 is 9.53 Å². The molecule has 0 radical (unpaired) electrons. The maximum atomic E-state index is 11.8. The molecule has 1 aromatic carbocycles. The molecule has 1 aliphatic heterocycles. The fourth-order valence-corrected chi connectivity index (χ4v) is 3.29. The summed E-state index contributed by atoms with van der Waals surface area (Å²) in [7, 11) is 5.63. The van der Waals surface area contributed by atoms with E-state index in [0.717, 1.165) is 51.6 Å². The third-order valence-corrected chi connectivity index (χ3v) is 4.89. The van der Waals surface area contributed by atoms with Crippen LogP contribution in [0.2, 0.25) is 0 Å². The lowest BCUT2D eigenvalue weighted by Crippen LogP contribution is -2.40. The first-order chi connectivity index (χ1) is 13.6. The molecule has 1 saturated heterocycles. The predicted octanol–water partition coefficient (Wildman–Crippen LogP) is 1.44. The lowest BCUT2D eigenvalue weighted by Gasteiger charge is -2.18. The molecule has 1 amide bonds. The van der Waals surface area contributed by atoms with Gasteiger partial charge in [0.25, 0.3) is 0 Å². The number of rotatable bonds is 11. The number of aliphatic imine (C=N–C) groups is 1. The Labute approximate surface area is 169 Å². The molecule has 0 aromatic heterocycles. The average molecular weight is 390 g/mol. The van der Waals surface area contributed by atoms with Crippen LogP contribution in [-0.4, -0.2) is 75.7 Å². The fourth-order valence-electron chi connectivity index (χ4n) is 3.29. The van der Waals surface area contributed by atoms with E-state index in [4.69, 9.17) is 4.74 Å². The third kappa shape index (κ3) is 7.86. The Balaban J connectivity index is 1.72. The highest BCUT2D eigenvalue weighted by atomic mass is 16.5. The second kappa shape index (κ2) is 12.4. The van der Waals surface area contributed by atoms with Crippen molar-refractivity contribution in [2.45, 2.75) is 32.4 Å². The Morgan fingerprint density at radius 1 is 1.29 bits per heavy atom. The fraction of sp³-hybridized carbons (Fsp3) is 0.619. The SMILES string of the molecule is CN=C(NCCN(C)CCCOC)NCc1cccc(CN2CCCC2=O)c1. The minimum Gasteiger partial charge on any atom is -0.385 e. The quantitative estimate of drug-likeness (QED) is 0.341. The lowest BCUT2D eigenvalue weighted by atomic mass is 10.1. The highest BCUT2D eigenvalue weighted by Gasteiger charge is 2.19. The summed E-state index contributed by atoms with van der Waals surface area (Å²) in [6, 6.07) is 8.40. The van der Waals surface area contributed by atoms with Gasteiger partial charge in [-0.25, -0.2) is 0 Å². The van der Waals surface area contributed by atoms with Gasteiger partial charge in [-0.05, 0) is 31.0 Å². The van der Waals surface area contributed by atoms with Crippen molar-refractivity contribution >= 4 is 11.9 Å². The van der Waals surface area contributed by atoms with Crippen molar-refractivity contribution in [3.8, 4) is 0 Å². The molecule has 7 nitrogen and oxygen atoms in total. The number of nitrogens with zero attached hydrogens (tertiary/aromatic N) is 3. The van der Waals surface area contributed by atoms with E-state index in [1.165, 1.54) is 11.1 Å². The Morgan fingerprint density at radius 2 is 2.11 bits per heavy atom. The van der Waals surface area contributed by atoms with E-state index in [2.05, 4.69) is 51.8 Å². The predicted molar refractivity (Wildman–Crippen MR) is 113 cm³/mol. The summed E-state index contributed by atoms with van der Waals surface area (Å²) < 4.78 is 5.09. The molecular formula is C21H35N5O2. The molecule has 0 unspecified atom stereocenters. The summed E-state index contributed by atoms with van der Waals surface area (Å²) >= 11 is 0. The number of nitrogens with one attached hydrogen (secondary N) is 2. The number of methoxy groups -OCH3 is 1. The number of likely N-dealkylation sites (tertiary alicyclic amines) is 1. The molecule has 0 bridgehead atoms. The van der Waals surface area contributed by atoms with Crippen LogP contribution in [0, 0.1) is 0 Å². The number of likely N-dealkylation sites (N-methyl/N-ethyl adjacent to an activating group) is 1. The zero-order chi connectivity index (χ0) is 20.2. The molecule has 0 saturated carbocycles. The molecule has 0 aliphatic carbocycles. The van der Waals surface area contributed by atoms with Crippen LogP contribution in [-0.2, 0) is 22.6 Å². The zero-order valence-corrected chi connectivity index (χ0v) is 17.5. The standard InChI is InChI=1S/C21H35N5O2/c1-22-21(23-10-13-25(2)11-6-14-28-3)24-16-18-7-4-8-19(15-18)17-26-12-5-9-20(26)27/h4,7-8,15H,5-6,9-14,16-17H2,1-3H3,(H2,22,23,24). The van der Waals surface area contributed by atoms with Crippen molar-refractivity contribution in [1.82, 2.24) is 20.4 Å². The van der Waals surface area contributed by atoms with Crippen LogP contribution in [0.25, 0.3) is 0 Å². The van der Waals surface area contributed by atoms with Gasteiger partial charge in [0.1, 0.15) is 0 Å². The molecule has 1 aromatic rings. The van der Waals surface area contributed by atoms with E-state index in [1.54, 1.807) is 14.2 Å². The summed E-state index contributed by atoms with van der Waals surface area (Å²) in [4.78, 5) is 20.3. The lowest BCUT2D eigenvalue weighted by molar-refractivity contribution is -0.128. The van der Waals surface area contributed by atoms with Crippen LogP contribution in [0.15, 0.2) is 29.3 Å². The van der Waals surface area contributed by atoms with Gasteiger partial charge in [-0.15, -0.1) is 0 Å². The average Bonchev–Trinajstić information content (AvgIpc) is 3.09. The van der Waals surface area contributed by atoms with E-state index in [-0.39, 0.29) is 5.91 Å². The number of ether oxygens (including phenoxy) is 1. The van der Waals surface area contributed by atoms with Crippen molar-refractivity contribution in [2.75, 3.05) is 54.0 Å². The summed E-state index contributed by atoms with van der Waals surface area (Å²) in [6.45, 7) is 5.88. The van der Waals surface area contributed by atoms with Crippen molar-refractivity contribution in [3.63, 3.8) is 0 Å². The van der Waals surface area contributed by atoms with Crippen LogP contribution in [0.1, 0.15) is 30.4 Å². The van der Waals surface area contributed by atoms with Gasteiger partial charge in [-0.2, -0.15) is 0 Å². The van der Waals surface area contributed by atoms with E-state index in [9.17, 15) is 4.79 Å². The Bertz CT molecular complexity index is 635. The molecule has 7 heteroatoms. The summed E-state index contributed by atoms with van der Waals surface area (Å²) in [5, 5.41) is 6.71. The first-order valence-electron chi connectivity index (χ1n) is 10.1. The number of carbonyl (C=O) groups is 1. The molecule has 1 aliphatic rings. The summed E-state index contributed by atoms with van der Waals surface area (Å²) in [5.74, 6) is 1.06. The maximum Gasteiger partial charge on any atom is 0.222 e. The van der Waals surface area contributed by atoms with Crippen LogP contribution in [0.4, 0.5) is 0 Å². The van der Waals surface area contributed by atoms with E-state index < -0.39 is 0 Å². The van der Waals surface area contributed by atoms with Gasteiger partial charge in [0.15, 0.2) is 5.96 Å². The Hall–Kier alpha value is -2.12. The molecule has 0 atom stereocenters. The van der Waals surface area contributed by atoms with Gasteiger partial charge >= 0.3 is 0 Å². The van der Waals surface area contributed by atoms with Crippen molar-refractivity contribution in [1.29, 1.82) is 0 Å². The van der Waals surface area contributed by atoms with Gasteiger partial charge in [0.2, 0.25) is 5.91 Å². The summed E-state index contributed by atoms with van der Waals surface area (Å²) in [5.41, 5.74) is 2.36. The maximum absolute atomic E-state index is 11.8. The minimum atomic E-state index is 0.264. The van der Waals surface area contributed by atoms with Gasteiger partial charge in [-0.3, -0.25) is 9.79 Å². The molecule has 0 spiro atoms. The first kappa shape index (κ1) is 22.2. The highest BCUT2D eigenvalue weighted by Crippen LogP contribution is 2.15. The number of amides is 1. The van der Waals surface area contributed by atoms with E-state index in [0.29, 0.717) is 19.5 Å². The normalized spacial score (nSPS) is 14.8. The number of carbonyl (C=O) groups excluding carboxylic acids is 1. The minimum absolute atomic E-state index is 0.264. The van der Waals surface area contributed by atoms with Gasteiger partial charge in [-0.1, -0.05) is 24.3 Å². The van der Waals surface area contributed by atoms with E-state index >= 15 is 0 Å². The number of hydrogen-bond donors (Lipinski definition) is 2. The number of guanidine groups is 1. The third-order valence-electron chi connectivity index (χ3n) is 4.89. The summed E-state index contributed by atoms with van der Waals surface area (Å²) in [6.07, 6.45) is 2.70. The monoisotopic (exact) mass is 389 g/mol. The van der Waals surface area contributed by atoms with Crippen molar-refractivity contribution in [3.05, 3.63) is 35.4 Å². The van der Waals surface area contributed by atoms with Gasteiger partial charge in [0, 0.05) is 66.5 Å². The topological polar surface area (TPSA) is 69.2 Å². The van der Waals surface area contributed by atoms with Crippen molar-refractivity contribution in [2.24, 2.45) is 4.99 Å². The zero-order valence-electron chi connectivity index (χ0n) is 17.5. The Morgan fingerprint density at radius 3 is 2.82 bits per heavy atom. The molecule has 2 N–H and O–H groups in total. The molecule has 156 valence electrons. The van der Waals surface area contributed by atoms with Crippen LogP contribution in [0.3, 0.4) is 0 Å². The molecule has 28 heavy (non-hydrogen) atoms. The van der Waals surface area contributed by atoms with Gasteiger partial charge < -0.3 is 25.2 Å². The molecular weight excluding hydrogens is 354 g/mol. The van der Waals surface area contributed by atoms with E-state index in [1.807, 2.05) is 4.90 Å². The van der Waals surface area contributed by atoms with Crippen LogP contribution >= 0.6 is 0 Å². The molecule has 1 heterocycles. The molecule has 1 fully saturated rings. The van der Waals surface area contributed by atoms with Crippen LogP contribution < -0.4 is 10.6 Å². The first-order valence-corrected chi connectivity index (χ1v) is 10.1. The van der Waals surface area contributed by atoms with Gasteiger partial charge in [0.05, 0.1) is 0 Å². The largest absolute Gasteiger partial charge is 0.385 e. The number of hydrogen-bond acceptors (Lipinski definition) is 4. The Kier molecular flexibility index (Phi) is 9.79. The number of benzene rings is 1. The molecule has 2 rings (SSSR count). The smallest absolute Gasteiger partial charge is 0.222 e.